The highest BCUT2D eigenvalue weighted by Gasteiger charge is 2.41. The molecule has 0 aliphatic heterocycles. The summed E-state index contributed by atoms with van der Waals surface area (Å²) >= 11 is 3.08. The van der Waals surface area contributed by atoms with Gasteiger partial charge < -0.3 is 4.74 Å². The lowest BCUT2D eigenvalue weighted by Gasteiger charge is -2.16. The lowest BCUT2D eigenvalue weighted by atomic mass is 10.2. The molecule has 0 unspecified atom stereocenters. The largest absolute Gasteiger partial charge is 0.486 e. The van der Waals surface area contributed by atoms with Crippen LogP contribution in [0.1, 0.15) is 5.56 Å². The molecule has 0 aliphatic rings. The number of rotatable bonds is 4. The van der Waals surface area contributed by atoms with Crippen LogP contribution >= 0.6 is 15.9 Å². The maximum absolute atomic E-state index is 12.6. The Morgan fingerprint density at radius 3 is 2.56 bits per heavy atom. The van der Waals surface area contributed by atoms with Gasteiger partial charge in [0, 0.05) is 0 Å². The number of benzene rings is 1. The third kappa shape index (κ3) is 3.37. The van der Waals surface area contributed by atoms with E-state index in [1.54, 1.807) is 19.1 Å². The Labute approximate surface area is 98.5 Å². The van der Waals surface area contributed by atoms with Crippen molar-refractivity contribution in [2.75, 3.05) is 6.61 Å². The van der Waals surface area contributed by atoms with E-state index in [4.69, 9.17) is 0 Å². The number of ether oxygens (including phenoxy) is 1. The summed E-state index contributed by atoms with van der Waals surface area (Å²) in [5.41, 5.74) is 0.790. The summed E-state index contributed by atoms with van der Waals surface area (Å²) in [6.45, 7) is 0.400. The highest BCUT2D eigenvalue weighted by molar-refractivity contribution is 9.10. The topological polar surface area (TPSA) is 9.23 Å². The van der Waals surface area contributed by atoms with Crippen LogP contribution in [0.2, 0.25) is 0 Å². The second kappa shape index (κ2) is 5.03. The van der Waals surface area contributed by atoms with E-state index >= 15 is 0 Å². The van der Waals surface area contributed by atoms with Crippen molar-refractivity contribution in [2.24, 2.45) is 0 Å². The molecule has 0 aliphatic carbocycles. The highest BCUT2D eigenvalue weighted by Crippen LogP contribution is 2.29. The third-order valence-corrected chi connectivity index (χ3v) is 2.48. The van der Waals surface area contributed by atoms with Crippen LogP contribution in [0.15, 0.2) is 22.7 Å². The smallest absolute Gasteiger partial charge is 0.340 e. The number of halogens is 5. The molecular formula is C10H9BrF4O. The Morgan fingerprint density at radius 2 is 2.00 bits per heavy atom. The molecule has 90 valence electrons. The van der Waals surface area contributed by atoms with E-state index in [-0.39, 0.29) is 5.75 Å². The lowest BCUT2D eigenvalue weighted by molar-refractivity contribution is -0.148. The van der Waals surface area contributed by atoms with Crippen molar-refractivity contribution in [3.8, 4) is 5.75 Å². The normalized spacial score (nSPS) is 11.9. The van der Waals surface area contributed by atoms with Crippen molar-refractivity contribution in [2.45, 2.75) is 19.3 Å². The molecule has 0 atom stereocenters. The average Bonchev–Trinajstić information content (AvgIpc) is 2.19. The zero-order valence-electron chi connectivity index (χ0n) is 8.31. The number of aryl methyl sites for hydroxylation is 1. The van der Waals surface area contributed by atoms with Gasteiger partial charge in [0.1, 0.15) is 5.75 Å². The first-order valence-electron chi connectivity index (χ1n) is 4.38. The number of alkyl halides is 4. The van der Waals surface area contributed by atoms with Crippen molar-refractivity contribution in [3.05, 3.63) is 28.2 Å². The molecule has 0 saturated heterocycles. The van der Waals surface area contributed by atoms with Crippen LogP contribution in [0.3, 0.4) is 0 Å². The molecule has 6 heteroatoms. The Morgan fingerprint density at radius 1 is 1.38 bits per heavy atom. The molecule has 0 N–H and O–H groups in total. The first kappa shape index (κ1) is 13.3. The van der Waals surface area contributed by atoms with Crippen molar-refractivity contribution in [1.82, 2.24) is 0 Å². The summed E-state index contributed by atoms with van der Waals surface area (Å²) in [5, 5.41) is 0. The molecule has 0 radical (unpaired) electrons. The maximum atomic E-state index is 12.6. The van der Waals surface area contributed by atoms with E-state index in [1.165, 1.54) is 6.07 Å². The summed E-state index contributed by atoms with van der Waals surface area (Å²) in [5.74, 6) is -4.01. The molecule has 0 bridgehead atoms. The van der Waals surface area contributed by atoms with E-state index in [1.807, 2.05) is 0 Å². The highest BCUT2D eigenvalue weighted by atomic mass is 79.9. The van der Waals surface area contributed by atoms with Crippen LogP contribution in [-0.2, 0) is 0 Å². The van der Waals surface area contributed by atoms with Gasteiger partial charge in [-0.2, -0.15) is 8.78 Å². The molecule has 16 heavy (non-hydrogen) atoms. The van der Waals surface area contributed by atoms with Crippen LogP contribution in [0.25, 0.3) is 0 Å². The van der Waals surface area contributed by atoms with Gasteiger partial charge in [0.15, 0.2) is 6.61 Å². The molecule has 0 saturated carbocycles. The Balaban J connectivity index is 2.71. The quantitative estimate of drug-likeness (QED) is 0.763. The number of hydrogen-bond donors (Lipinski definition) is 0. The molecule has 1 rings (SSSR count). The fourth-order valence-corrected chi connectivity index (χ4v) is 1.32. The van der Waals surface area contributed by atoms with Crippen LogP contribution < -0.4 is 4.74 Å². The van der Waals surface area contributed by atoms with Crippen molar-refractivity contribution >= 4 is 15.9 Å². The summed E-state index contributed by atoms with van der Waals surface area (Å²) in [6, 6.07) is 4.83. The Kier molecular flexibility index (Phi) is 4.18. The van der Waals surface area contributed by atoms with E-state index < -0.39 is 19.0 Å². The zero-order chi connectivity index (χ0) is 12.3. The molecular weight excluding hydrogens is 292 g/mol. The van der Waals surface area contributed by atoms with E-state index in [9.17, 15) is 17.6 Å². The van der Waals surface area contributed by atoms with Crippen molar-refractivity contribution < 1.29 is 22.3 Å². The van der Waals surface area contributed by atoms with E-state index in [2.05, 4.69) is 20.7 Å². The molecule has 1 aromatic rings. The van der Waals surface area contributed by atoms with Crippen LogP contribution in [0.4, 0.5) is 17.6 Å². The molecule has 0 heterocycles. The van der Waals surface area contributed by atoms with Crippen LogP contribution in [0, 0.1) is 6.92 Å². The fraction of sp³-hybridized carbons (Fsp3) is 0.400. The monoisotopic (exact) mass is 300 g/mol. The minimum atomic E-state index is -4.14. The van der Waals surface area contributed by atoms with Crippen molar-refractivity contribution in [1.29, 1.82) is 0 Å². The van der Waals surface area contributed by atoms with Crippen LogP contribution in [-0.4, -0.2) is 19.0 Å². The standard InChI is InChI=1S/C10H9BrF4O/c1-6-2-3-7(11)8(4-6)16-5-10(14,15)9(12)13/h2-4,9H,5H2,1H3. The van der Waals surface area contributed by atoms with Gasteiger partial charge in [-0.3, -0.25) is 0 Å². The van der Waals surface area contributed by atoms with Gasteiger partial charge >= 0.3 is 12.3 Å². The first-order chi connectivity index (χ1) is 7.33. The van der Waals surface area contributed by atoms with E-state index in [0.29, 0.717) is 4.47 Å². The summed E-state index contributed by atoms with van der Waals surface area (Å²) in [7, 11) is 0. The van der Waals surface area contributed by atoms with Gasteiger partial charge in [0.25, 0.3) is 0 Å². The minimum absolute atomic E-state index is 0.125. The molecule has 0 aromatic heterocycles. The van der Waals surface area contributed by atoms with E-state index in [0.717, 1.165) is 5.56 Å². The predicted molar refractivity (Wildman–Crippen MR) is 55.3 cm³/mol. The van der Waals surface area contributed by atoms with Gasteiger partial charge in [-0.25, -0.2) is 8.78 Å². The van der Waals surface area contributed by atoms with Gasteiger partial charge in [0.05, 0.1) is 4.47 Å². The second-order valence-electron chi connectivity index (χ2n) is 3.28. The Bertz CT molecular complexity index is 368. The average molecular weight is 301 g/mol. The van der Waals surface area contributed by atoms with Gasteiger partial charge in [-0.15, -0.1) is 0 Å². The molecule has 0 fully saturated rings. The SMILES string of the molecule is Cc1ccc(Br)c(OCC(F)(F)C(F)F)c1. The lowest BCUT2D eigenvalue weighted by Crippen LogP contribution is -2.33. The fourth-order valence-electron chi connectivity index (χ4n) is 0.958. The first-order valence-corrected chi connectivity index (χ1v) is 5.17. The van der Waals surface area contributed by atoms with Gasteiger partial charge in [-0.1, -0.05) is 6.07 Å². The third-order valence-electron chi connectivity index (χ3n) is 1.83. The maximum Gasteiger partial charge on any atom is 0.340 e. The molecule has 0 spiro atoms. The minimum Gasteiger partial charge on any atom is -0.486 e. The van der Waals surface area contributed by atoms with Crippen molar-refractivity contribution in [3.63, 3.8) is 0 Å². The molecule has 1 nitrogen and oxygen atoms in total. The van der Waals surface area contributed by atoms with Crippen LogP contribution in [0.5, 0.6) is 5.75 Å². The Hall–Kier alpha value is -0.780. The zero-order valence-corrected chi connectivity index (χ0v) is 9.90. The van der Waals surface area contributed by atoms with Gasteiger partial charge in [0.2, 0.25) is 0 Å². The second-order valence-corrected chi connectivity index (χ2v) is 4.14. The molecule has 0 amide bonds. The summed E-state index contributed by atoms with van der Waals surface area (Å²) in [4.78, 5) is 0. The predicted octanol–water partition coefficient (Wildman–Crippen LogP) is 4.04. The number of hydrogen-bond acceptors (Lipinski definition) is 1. The van der Waals surface area contributed by atoms with Gasteiger partial charge in [-0.05, 0) is 40.5 Å². The molecule has 1 aromatic carbocycles. The summed E-state index contributed by atoms with van der Waals surface area (Å²) < 4.78 is 54.0. The summed E-state index contributed by atoms with van der Waals surface area (Å²) in [6.07, 6.45) is -3.73.